The van der Waals surface area contributed by atoms with Crippen molar-refractivity contribution in [2.24, 2.45) is 0 Å². The lowest BCUT2D eigenvalue weighted by atomic mass is 10.2. The van der Waals surface area contributed by atoms with Crippen molar-refractivity contribution in [1.29, 1.82) is 0 Å². The average molecular weight is 354 g/mol. The highest BCUT2D eigenvalue weighted by Crippen LogP contribution is 2.22. The number of benzene rings is 2. The molecular weight excluding hydrogens is 334 g/mol. The van der Waals surface area contributed by atoms with E-state index in [-0.39, 0.29) is 11.6 Å². The van der Waals surface area contributed by atoms with Gasteiger partial charge in [0, 0.05) is 45.1 Å². The van der Waals surface area contributed by atoms with E-state index < -0.39 is 0 Å². The molecule has 1 saturated heterocycles. The minimum Gasteiger partial charge on any atom is -0.339 e. The molecule has 0 spiro atoms. The van der Waals surface area contributed by atoms with Gasteiger partial charge in [0.15, 0.2) is 0 Å². The Morgan fingerprint density at radius 1 is 0.885 bits per heavy atom. The van der Waals surface area contributed by atoms with Crippen LogP contribution in [-0.4, -0.2) is 40.6 Å². The molecule has 4 rings (SSSR count). The molecule has 1 aliphatic rings. The van der Waals surface area contributed by atoms with Crippen molar-refractivity contribution >= 4 is 5.95 Å². The van der Waals surface area contributed by atoms with Crippen LogP contribution in [0.25, 0.3) is 5.69 Å². The summed E-state index contributed by atoms with van der Waals surface area (Å²) in [6, 6.07) is 13.4. The van der Waals surface area contributed by atoms with E-state index in [0.717, 1.165) is 44.2 Å². The molecule has 6 heteroatoms. The Hall–Kier alpha value is -2.73. The van der Waals surface area contributed by atoms with Crippen LogP contribution < -0.4 is 4.90 Å². The minimum absolute atomic E-state index is 0.210. The monoisotopic (exact) mass is 354 g/mol. The number of imidazole rings is 1. The van der Waals surface area contributed by atoms with Crippen LogP contribution in [0, 0.1) is 11.6 Å². The zero-order valence-corrected chi connectivity index (χ0v) is 14.4. The molecule has 4 nitrogen and oxygen atoms in total. The maximum absolute atomic E-state index is 14.1. The molecule has 0 atom stereocenters. The van der Waals surface area contributed by atoms with Crippen molar-refractivity contribution in [2.75, 3.05) is 31.1 Å². The van der Waals surface area contributed by atoms with E-state index in [9.17, 15) is 8.78 Å². The Labute approximate surface area is 151 Å². The molecule has 0 unspecified atom stereocenters. The number of nitrogens with zero attached hydrogens (tertiary/aromatic N) is 4. The Kier molecular flexibility index (Phi) is 4.67. The molecule has 26 heavy (non-hydrogen) atoms. The van der Waals surface area contributed by atoms with Crippen molar-refractivity contribution in [3.05, 3.63) is 78.1 Å². The fourth-order valence-corrected chi connectivity index (χ4v) is 3.32. The molecule has 0 N–H and O–H groups in total. The second-order valence-corrected chi connectivity index (χ2v) is 6.44. The van der Waals surface area contributed by atoms with Gasteiger partial charge in [0.1, 0.15) is 11.6 Å². The molecule has 3 aromatic rings. The third kappa shape index (κ3) is 3.46. The Morgan fingerprint density at radius 2 is 1.62 bits per heavy atom. The second-order valence-electron chi connectivity index (χ2n) is 6.44. The van der Waals surface area contributed by atoms with Crippen LogP contribution in [0.3, 0.4) is 0 Å². The molecule has 0 bridgehead atoms. The van der Waals surface area contributed by atoms with Crippen LogP contribution >= 0.6 is 0 Å². The van der Waals surface area contributed by atoms with Gasteiger partial charge >= 0.3 is 0 Å². The molecule has 2 aromatic carbocycles. The molecule has 1 fully saturated rings. The highest BCUT2D eigenvalue weighted by molar-refractivity contribution is 5.44. The molecule has 1 aliphatic heterocycles. The summed E-state index contributed by atoms with van der Waals surface area (Å²) in [5.41, 5.74) is 1.61. The Morgan fingerprint density at radius 3 is 2.35 bits per heavy atom. The summed E-state index contributed by atoms with van der Waals surface area (Å²) in [6.45, 7) is 4.18. The van der Waals surface area contributed by atoms with Gasteiger partial charge in [-0.25, -0.2) is 13.8 Å². The van der Waals surface area contributed by atoms with Crippen LogP contribution in [0.2, 0.25) is 0 Å². The van der Waals surface area contributed by atoms with Crippen molar-refractivity contribution < 1.29 is 8.78 Å². The zero-order chi connectivity index (χ0) is 17.9. The number of halogens is 2. The van der Waals surface area contributed by atoms with E-state index in [0.29, 0.717) is 5.69 Å². The lowest BCUT2D eigenvalue weighted by Gasteiger charge is -2.35. The number of hydrogen-bond donors (Lipinski definition) is 0. The quantitative estimate of drug-likeness (QED) is 0.717. The number of rotatable bonds is 4. The van der Waals surface area contributed by atoms with Gasteiger partial charge in [0.2, 0.25) is 5.95 Å². The number of para-hydroxylation sites is 1. The number of aromatic nitrogens is 2. The summed E-state index contributed by atoms with van der Waals surface area (Å²) in [5, 5.41) is 0. The fourth-order valence-electron chi connectivity index (χ4n) is 3.32. The van der Waals surface area contributed by atoms with E-state index in [1.165, 1.54) is 18.2 Å². The lowest BCUT2D eigenvalue weighted by molar-refractivity contribution is 0.248. The van der Waals surface area contributed by atoms with Gasteiger partial charge in [0.05, 0.1) is 5.69 Å². The molecule has 134 valence electrons. The zero-order valence-electron chi connectivity index (χ0n) is 14.4. The molecule has 1 aromatic heterocycles. The summed E-state index contributed by atoms with van der Waals surface area (Å²) < 4.78 is 29.0. The number of anilines is 1. The fraction of sp³-hybridized carbons (Fsp3) is 0.250. The summed E-state index contributed by atoms with van der Waals surface area (Å²) in [4.78, 5) is 8.95. The standard InChI is InChI=1S/C20H20F2N4/c21-17-7-5-16(6-8-17)15-24-11-13-25(14-12-24)20-23-9-10-26(20)19-4-2-1-3-18(19)22/h1-10H,11-15H2. The molecule has 0 amide bonds. The van der Waals surface area contributed by atoms with E-state index in [2.05, 4.69) is 14.8 Å². The first-order chi connectivity index (χ1) is 12.7. The van der Waals surface area contributed by atoms with Crippen LogP contribution in [0.1, 0.15) is 5.56 Å². The van der Waals surface area contributed by atoms with Gasteiger partial charge < -0.3 is 4.90 Å². The van der Waals surface area contributed by atoms with Gasteiger partial charge in [-0.1, -0.05) is 24.3 Å². The highest BCUT2D eigenvalue weighted by atomic mass is 19.1. The molecule has 0 saturated carbocycles. The SMILES string of the molecule is Fc1ccc(CN2CCN(c3nccn3-c3ccccc3F)CC2)cc1. The van der Waals surface area contributed by atoms with E-state index in [1.54, 1.807) is 29.1 Å². The molecular formula is C20H20F2N4. The minimum atomic E-state index is -0.262. The van der Waals surface area contributed by atoms with Gasteiger partial charge in [0.25, 0.3) is 0 Å². The predicted molar refractivity (Wildman–Crippen MR) is 97.4 cm³/mol. The first-order valence-corrected chi connectivity index (χ1v) is 8.71. The first-order valence-electron chi connectivity index (χ1n) is 8.71. The predicted octanol–water partition coefficient (Wildman–Crippen LogP) is 3.47. The normalized spacial score (nSPS) is 15.4. The number of hydrogen-bond acceptors (Lipinski definition) is 3. The lowest BCUT2D eigenvalue weighted by Crippen LogP contribution is -2.46. The van der Waals surface area contributed by atoms with Gasteiger partial charge in [-0.05, 0) is 29.8 Å². The van der Waals surface area contributed by atoms with Crippen LogP contribution in [0.5, 0.6) is 0 Å². The smallest absolute Gasteiger partial charge is 0.210 e. The van der Waals surface area contributed by atoms with Gasteiger partial charge in [-0.15, -0.1) is 0 Å². The Balaban J connectivity index is 1.44. The summed E-state index contributed by atoms with van der Waals surface area (Å²) in [6.07, 6.45) is 3.49. The van der Waals surface area contributed by atoms with Crippen molar-refractivity contribution in [2.45, 2.75) is 6.54 Å². The van der Waals surface area contributed by atoms with Crippen LogP contribution in [-0.2, 0) is 6.54 Å². The third-order valence-corrected chi connectivity index (χ3v) is 4.71. The molecule has 0 aliphatic carbocycles. The van der Waals surface area contributed by atoms with Crippen molar-refractivity contribution in [3.8, 4) is 5.69 Å². The first kappa shape index (κ1) is 16.7. The van der Waals surface area contributed by atoms with Crippen molar-refractivity contribution in [3.63, 3.8) is 0 Å². The highest BCUT2D eigenvalue weighted by Gasteiger charge is 2.21. The van der Waals surface area contributed by atoms with E-state index in [4.69, 9.17) is 0 Å². The van der Waals surface area contributed by atoms with Gasteiger partial charge in [-0.3, -0.25) is 9.47 Å². The van der Waals surface area contributed by atoms with Crippen molar-refractivity contribution in [1.82, 2.24) is 14.5 Å². The number of piperazine rings is 1. The molecule has 0 radical (unpaired) electrons. The summed E-state index contributed by atoms with van der Waals surface area (Å²) >= 11 is 0. The maximum Gasteiger partial charge on any atom is 0.210 e. The van der Waals surface area contributed by atoms with E-state index in [1.807, 2.05) is 18.2 Å². The van der Waals surface area contributed by atoms with Crippen LogP contribution in [0.15, 0.2) is 60.9 Å². The molecule has 2 heterocycles. The van der Waals surface area contributed by atoms with E-state index >= 15 is 0 Å². The largest absolute Gasteiger partial charge is 0.339 e. The summed E-state index contributed by atoms with van der Waals surface area (Å²) in [5.74, 6) is 0.289. The summed E-state index contributed by atoms with van der Waals surface area (Å²) in [7, 11) is 0. The maximum atomic E-state index is 14.1. The van der Waals surface area contributed by atoms with Gasteiger partial charge in [-0.2, -0.15) is 0 Å². The third-order valence-electron chi connectivity index (χ3n) is 4.71. The van der Waals surface area contributed by atoms with Crippen LogP contribution in [0.4, 0.5) is 14.7 Å². The topological polar surface area (TPSA) is 24.3 Å². The second kappa shape index (κ2) is 7.25. The Bertz CT molecular complexity index is 868. The average Bonchev–Trinajstić information content (AvgIpc) is 3.14.